The van der Waals surface area contributed by atoms with E-state index in [1.807, 2.05) is 24.4 Å². The molecule has 0 unspecified atom stereocenters. The standard InChI is InChI=1S/C34H52FNO/c1-3-5-7-9-11-13-15-25-37-31-22-23-32(33(35)26-31)34-24-21-30(27-36-34)29-19-17-28(18-20-29)16-14-12-10-8-6-4-2/h21-24,26-29H,3-20,25H2,1-2H3. The second kappa shape index (κ2) is 17.6. The van der Waals surface area contributed by atoms with E-state index in [0.717, 1.165) is 12.3 Å². The van der Waals surface area contributed by atoms with Crippen LogP contribution >= 0.6 is 0 Å². The zero-order chi connectivity index (χ0) is 26.1. The molecule has 0 saturated heterocycles. The third-order valence-corrected chi connectivity index (χ3v) is 8.30. The maximum Gasteiger partial charge on any atom is 0.136 e. The molecule has 3 heteroatoms. The number of benzene rings is 1. The predicted molar refractivity (Wildman–Crippen MR) is 156 cm³/mol. The highest BCUT2D eigenvalue weighted by Crippen LogP contribution is 2.38. The summed E-state index contributed by atoms with van der Waals surface area (Å²) in [5, 5.41) is 0. The lowest BCUT2D eigenvalue weighted by molar-refractivity contribution is 0.301. The summed E-state index contributed by atoms with van der Waals surface area (Å²) in [5.41, 5.74) is 2.57. The summed E-state index contributed by atoms with van der Waals surface area (Å²) in [4.78, 5) is 4.66. The minimum absolute atomic E-state index is 0.257. The molecule has 2 nitrogen and oxygen atoms in total. The number of hydrogen-bond donors (Lipinski definition) is 0. The molecule has 0 bridgehead atoms. The highest BCUT2D eigenvalue weighted by molar-refractivity contribution is 5.61. The Labute approximate surface area is 226 Å². The van der Waals surface area contributed by atoms with E-state index in [0.29, 0.717) is 29.5 Å². The van der Waals surface area contributed by atoms with Gasteiger partial charge < -0.3 is 4.74 Å². The van der Waals surface area contributed by atoms with Gasteiger partial charge in [0, 0.05) is 17.8 Å². The summed E-state index contributed by atoms with van der Waals surface area (Å²) in [6, 6.07) is 9.36. The summed E-state index contributed by atoms with van der Waals surface area (Å²) in [6.45, 7) is 5.18. The molecule has 1 aliphatic rings. The molecular formula is C34H52FNO. The summed E-state index contributed by atoms with van der Waals surface area (Å²) < 4.78 is 20.6. The molecule has 1 aromatic heterocycles. The number of ether oxygens (including phenoxy) is 1. The molecule has 0 amide bonds. The van der Waals surface area contributed by atoms with Gasteiger partial charge in [-0.1, -0.05) is 103 Å². The molecular weight excluding hydrogens is 457 g/mol. The minimum atomic E-state index is -0.257. The van der Waals surface area contributed by atoms with Gasteiger partial charge in [-0.2, -0.15) is 0 Å². The smallest absolute Gasteiger partial charge is 0.136 e. The van der Waals surface area contributed by atoms with Gasteiger partial charge >= 0.3 is 0 Å². The van der Waals surface area contributed by atoms with Crippen molar-refractivity contribution in [2.45, 2.75) is 135 Å². The van der Waals surface area contributed by atoms with Gasteiger partial charge in [0.05, 0.1) is 12.3 Å². The summed E-state index contributed by atoms with van der Waals surface area (Å²) >= 11 is 0. The Morgan fingerprint density at radius 1 is 0.757 bits per heavy atom. The van der Waals surface area contributed by atoms with Gasteiger partial charge in [-0.15, -0.1) is 0 Å². The van der Waals surface area contributed by atoms with E-state index >= 15 is 0 Å². The first-order valence-corrected chi connectivity index (χ1v) is 15.6. The molecule has 0 atom stereocenters. The van der Waals surface area contributed by atoms with Crippen LogP contribution in [0.4, 0.5) is 4.39 Å². The molecule has 1 saturated carbocycles. The maximum atomic E-state index is 14.9. The van der Waals surface area contributed by atoms with Crippen LogP contribution < -0.4 is 4.74 Å². The quantitative estimate of drug-likeness (QED) is 0.186. The molecule has 2 aromatic rings. The van der Waals surface area contributed by atoms with Crippen LogP contribution in [0.2, 0.25) is 0 Å². The lowest BCUT2D eigenvalue weighted by atomic mass is 9.77. The largest absolute Gasteiger partial charge is 0.493 e. The van der Waals surface area contributed by atoms with E-state index in [1.165, 1.54) is 121 Å². The van der Waals surface area contributed by atoms with Crippen LogP contribution in [0.5, 0.6) is 5.75 Å². The molecule has 1 aromatic carbocycles. The second-order valence-electron chi connectivity index (χ2n) is 11.4. The van der Waals surface area contributed by atoms with Crippen LogP contribution in [0, 0.1) is 11.7 Å². The first-order valence-electron chi connectivity index (χ1n) is 15.6. The van der Waals surface area contributed by atoms with Gasteiger partial charge in [0.1, 0.15) is 11.6 Å². The number of unbranched alkanes of at least 4 members (excludes halogenated alkanes) is 11. The Morgan fingerprint density at radius 2 is 1.41 bits per heavy atom. The van der Waals surface area contributed by atoms with Crippen molar-refractivity contribution in [3.63, 3.8) is 0 Å². The van der Waals surface area contributed by atoms with Crippen molar-refractivity contribution in [3.8, 4) is 17.0 Å². The number of aromatic nitrogens is 1. The molecule has 3 rings (SSSR count). The van der Waals surface area contributed by atoms with Gasteiger partial charge in [0.25, 0.3) is 0 Å². The molecule has 0 aliphatic heterocycles. The minimum Gasteiger partial charge on any atom is -0.493 e. The van der Waals surface area contributed by atoms with E-state index in [-0.39, 0.29) is 5.82 Å². The number of halogens is 1. The monoisotopic (exact) mass is 509 g/mol. The van der Waals surface area contributed by atoms with Crippen molar-refractivity contribution in [2.75, 3.05) is 6.61 Å². The molecule has 37 heavy (non-hydrogen) atoms. The third kappa shape index (κ3) is 10.8. The van der Waals surface area contributed by atoms with E-state index in [1.54, 1.807) is 0 Å². The molecule has 1 aliphatic carbocycles. The van der Waals surface area contributed by atoms with Crippen LogP contribution in [0.1, 0.15) is 141 Å². The molecule has 0 N–H and O–H groups in total. The normalized spacial score (nSPS) is 17.7. The van der Waals surface area contributed by atoms with Crippen LogP contribution in [0.25, 0.3) is 11.3 Å². The van der Waals surface area contributed by atoms with Gasteiger partial charge in [0.2, 0.25) is 0 Å². The summed E-state index contributed by atoms with van der Waals surface area (Å²) in [5.74, 6) is 1.87. The van der Waals surface area contributed by atoms with Crippen molar-refractivity contribution in [2.24, 2.45) is 5.92 Å². The van der Waals surface area contributed by atoms with Crippen molar-refractivity contribution < 1.29 is 9.13 Å². The van der Waals surface area contributed by atoms with Crippen molar-refractivity contribution in [3.05, 3.63) is 47.9 Å². The lowest BCUT2D eigenvalue weighted by Crippen LogP contribution is -2.13. The lowest BCUT2D eigenvalue weighted by Gasteiger charge is -2.28. The molecule has 1 fully saturated rings. The van der Waals surface area contributed by atoms with Crippen LogP contribution in [-0.4, -0.2) is 11.6 Å². The van der Waals surface area contributed by atoms with Crippen molar-refractivity contribution in [1.82, 2.24) is 4.98 Å². The van der Waals surface area contributed by atoms with Gasteiger partial charge in [-0.25, -0.2) is 4.39 Å². The topological polar surface area (TPSA) is 22.1 Å². The first-order chi connectivity index (χ1) is 18.2. The average Bonchev–Trinajstić information content (AvgIpc) is 2.93. The third-order valence-electron chi connectivity index (χ3n) is 8.30. The second-order valence-corrected chi connectivity index (χ2v) is 11.4. The number of nitrogens with zero attached hydrogens (tertiary/aromatic N) is 1. The van der Waals surface area contributed by atoms with Crippen LogP contribution in [-0.2, 0) is 0 Å². The zero-order valence-electron chi connectivity index (χ0n) is 23.8. The van der Waals surface area contributed by atoms with Gasteiger partial charge in [0.15, 0.2) is 0 Å². The highest BCUT2D eigenvalue weighted by Gasteiger charge is 2.22. The fourth-order valence-corrected chi connectivity index (χ4v) is 5.85. The Morgan fingerprint density at radius 3 is 2.03 bits per heavy atom. The molecule has 1 heterocycles. The predicted octanol–water partition coefficient (Wildman–Crippen LogP) is 11.0. The fourth-order valence-electron chi connectivity index (χ4n) is 5.85. The Hall–Kier alpha value is -1.90. The zero-order valence-corrected chi connectivity index (χ0v) is 23.8. The molecule has 0 radical (unpaired) electrons. The fraction of sp³-hybridized carbons (Fsp3) is 0.676. The van der Waals surface area contributed by atoms with Crippen LogP contribution in [0.15, 0.2) is 36.5 Å². The van der Waals surface area contributed by atoms with Gasteiger partial charge in [-0.05, 0) is 67.7 Å². The SMILES string of the molecule is CCCCCCCCCOc1ccc(-c2ccc(C3CCC(CCCCCCCC)CC3)cn2)c(F)c1. The van der Waals surface area contributed by atoms with E-state index in [9.17, 15) is 4.39 Å². The van der Waals surface area contributed by atoms with Crippen molar-refractivity contribution >= 4 is 0 Å². The summed E-state index contributed by atoms with van der Waals surface area (Å²) in [6.07, 6.45) is 25.7. The van der Waals surface area contributed by atoms with E-state index < -0.39 is 0 Å². The Kier molecular flexibility index (Phi) is 14.1. The van der Waals surface area contributed by atoms with E-state index in [4.69, 9.17) is 4.74 Å². The van der Waals surface area contributed by atoms with Crippen molar-refractivity contribution in [1.29, 1.82) is 0 Å². The molecule has 206 valence electrons. The van der Waals surface area contributed by atoms with Crippen LogP contribution in [0.3, 0.4) is 0 Å². The highest BCUT2D eigenvalue weighted by atomic mass is 19.1. The Bertz CT molecular complexity index is 857. The number of pyridine rings is 1. The van der Waals surface area contributed by atoms with Gasteiger partial charge in [-0.3, -0.25) is 4.98 Å². The van der Waals surface area contributed by atoms with E-state index in [2.05, 4.69) is 24.9 Å². The number of hydrogen-bond acceptors (Lipinski definition) is 2. The summed E-state index contributed by atoms with van der Waals surface area (Å²) in [7, 11) is 0. The average molecular weight is 510 g/mol. The number of rotatable bonds is 18. The Balaban J connectivity index is 1.38. The maximum absolute atomic E-state index is 14.9. The first kappa shape index (κ1) is 29.7. The molecule has 0 spiro atoms.